The van der Waals surface area contributed by atoms with Crippen molar-refractivity contribution in [2.45, 2.75) is 38.8 Å². The second kappa shape index (κ2) is 6.67. The molecule has 0 radical (unpaired) electrons. The Kier molecular flexibility index (Phi) is 4.90. The lowest BCUT2D eigenvalue weighted by atomic mass is 9.85. The number of likely N-dealkylation sites (N-methyl/N-ethyl adjacent to an activating group) is 1. The van der Waals surface area contributed by atoms with Crippen LogP contribution < -0.4 is 5.32 Å². The second-order valence-electron chi connectivity index (χ2n) is 5.41. The van der Waals surface area contributed by atoms with Crippen LogP contribution in [0.5, 0.6) is 0 Å². The van der Waals surface area contributed by atoms with E-state index in [0.29, 0.717) is 17.6 Å². The highest BCUT2D eigenvalue weighted by Gasteiger charge is 2.33. The van der Waals surface area contributed by atoms with Crippen LogP contribution >= 0.6 is 0 Å². The van der Waals surface area contributed by atoms with E-state index in [4.69, 9.17) is 5.11 Å². The number of carbonyl (C=O) groups is 2. The highest BCUT2D eigenvalue weighted by Crippen LogP contribution is 2.28. The smallest absolute Gasteiger partial charge is 0.317 e. The first-order valence-electron chi connectivity index (χ1n) is 7.19. The Balaban J connectivity index is 1.82. The van der Waals surface area contributed by atoms with Gasteiger partial charge in [-0.25, -0.2) is 4.98 Å². The highest BCUT2D eigenvalue weighted by molar-refractivity contribution is 5.93. The van der Waals surface area contributed by atoms with Crippen molar-refractivity contribution in [3.05, 3.63) is 23.9 Å². The molecule has 0 saturated heterocycles. The molecule has 1 aromatic rings. The first kappa shape index (κ1) is 15.4. The maximum Gasteiger partial charge on any atom is 0.317 e. The molecule has 2 rings (SSSR count). The molecule has 114 valence electrons. The molecule has 1 fully saturated rings. The summed E-state index contributed by atoms with van der Waals surface area (Å²) in [6.07, 6.45) is 3.40. The van der Waals surface area contributed by atoms with Crippen molar-refractivity contribution in [3.63, 3.8) is 0 Å². The first-order valence-corrected chi connectivity index (χ1v) is 7.19. The number of hydrogen-bond donors (Lipinski definition) is 2. The summed E-state index contributed by atoms with van der Waals surface area (Å²) in [6, 6.07) is 4.20. The predicted molar refractivity (Wildman–Crippen MR) is 79.6 cm³/mol. The quantitative estimate of drug-likeness (QED) is 0.743. The van der Waals surface area contributed by atoms with Crippen LogP contribution in [0.3, 0.4) is 0 Å². The zero-order valence-corrected chi connectivity index (χ0v) is 12.4. The number of nitrogens with one attached hydrogen (secondary N) is 1. The van der Waals surface area contributed by atoms with Gasteiger partial charge in [-0.1, -0.05) is 6.92 Å². The van der Waals surface area contributed by atoms with Crippen LogP contribution in [0.2, 0.25) is 0 Å². The van der Waals surface area contributed by atoms with Gasteiger partial charge in [0.25, 0.3) is 0 Å². The number of ketones is 1. The van der Waals surface area contributed by atoms with Crippen LogP contribution in [0, 0.1) is 0 Å². The molecule has 0 aromatic carbocycles. The molecule has 0 unspecified atom stereocenters. The van der Waals surface area contributed by atoms with E-state index >= 15 is 0 Å². The van der Waals surface area contributed by atoms with E-state index < -0.39 is 5.97 Å². The largest absolute Gasteiger partial charge is 0.480 e. The fourth-order valence-electron chi connectivity index (χ4n) is 2.57. The minimum absolute atomic E-state index is 0.00464. The van der Waals surface area contributed by atoms with Gasteiger partial charge in [0.05, 0.1) is 6.54 Å². The number of nitrogens with zero attached hydrogens (tertiary/aromatic N) is 2. The number of Topliss-reactive ketones (excluding diaryl/α,β-unsaturated/α-hetero) is 1. The predicted octanol–water partition coefficient (Wildman–Crippen LogP) is 1.63. The number of anilines is 1. The molecule has 0 atom stereocenters. The first-order chi connectivity index (χ1) is 9.99. The molecule has 1 saturated carbocycles. The van der Waals surface area contributed by atoms with Crippen molar-refractivity contribution in [2.24, 2.45) is 0 Å². The lowest BCUT2D eigenvalue weighted by Crippen LogP contribution is -2.51. The number of rotatable bonds is 7. The maximum atomic E-state index is 11.2. The number of carbonyl (C=O) groups excluding carboxylic acids is 1. The molecule has 6 nitrogen and oxygen atoms in total. The zero-order chi connectivity index (χ0) is 15.4. The third kappa shape index (κ3) is 4.01. The van der Waals surface area contributed by atoms with Crippen LogP contribution in [-0.4, -0.2) is 51.9 Å². The normalized spacial score (nSPS) is 20.9. The summed E-state index contributed by atoms with van der Waals surface area (Å²) in [5.41, 5.74) is 0.602. The topological polar surface area (TPSA) is 82.5 Å². The Morgan fingerprint density at radius 1 is 1.43 bits per heavy atom. The van der Waals surface area contributed by atoms with Crippen molar-refractivity contribution in [1.29, 1.82) is 0 Å². The van der Waals surface area contributed by atoms with Crippen molar-refractivity contribution in [3.8, 4) is 0 Å². The van der Waals surface area contributed by atoms with E-state index in [0.717, 1.165) is 25.2 Å². The van der Waals surface area contributed by atoms with Gasteiger partial charge in [-0.05, 0) is 38.4 Å². The summed E-state index contributed by atoms with van der Waals surface area (Å²) >= 11 is 0. The number of carboxylic acids is 1. The van der Waals surface area contributed by atoms with Crippen molar-refractivity contribution >= 4 is 17.6 Å². The lowest BCUT2D eigenvalue weighted by Gasteiger charge is -2.42. The van der Waals surface area contributed by atoms with E-state index in [1.165, 1.54) is 6.92 Å². The molecule has 21 heavy (non-hydrogen) atoms. The monoisotopic (exact) mass is 291 g/mol. The van der Waals surface area contributed by atoms with Gasteiger partial charge in [-0.3, -0.25) is 14.5 Å². The zero-order valence-electron chi connectivity index (χ0n) is 12.4. The second-order valence-corrected chi connectivity index (χ2v) is 5.41. The molecule has 1 aliphatic carbocycles. The van der Waals surface area contributed by atoms with Crippen LogP contribution in [0.4, 0.5) is 5.82 Å². The standard InChI is InChI=1S/C15H21N3O3/c1-3-18(9-15(20)21)13-6-12(7-13)17-14-5-4-11(8-16-14)10(2)19/h4-5,8,12-13H,3,6-7,9H2,1-2H3,(H,16,17)(H,20,21). The van der Waals surface area contributed by atoms with Gasteiger partial charge in [0.15, 0.2) is 5.78 Å². The minimum atomic E-state index is -0.783. The molecule has 1 heterocycles. The van der Waals surface area contributed by atoms with Crippen molar-refractivity contribution < 1.29 is 14.7 Å². The van der Waals surface area contributed by atoms with Gasteiger partial charge in [0, 0.05) is 23.8 Å². The molecule has 0 aliphatic heterocycles. The molecular weight excluding hydrogens is 270 g/mol. The molecule has 2 N–H and O–H groups in total. The van der Waals surface area contributed by atoms with E-state index in [9.17, 15) is 9.59 Å². The Morgan fingerprint density at radius 2 is 2.14 bits per heavy atom. The fraction of sp³-hybridized carbons (Fsp3) is 0.533. The van der Waals surface area contributed by atoms with Gasteiger partial charge >= 0.3 is 5.97 Å². The van der Waals surface area contributed by atoms with Gasteiger partial charge in [-0.2, -0.15) is 0 Å². The van der Waals surface area contributed by atoms with Crippen LogP contribution in [0.1, 0.15) is 37.0 Å². The van der Waals surface area contributed by atoms with Crippen LogP contribution in [-0.2, 0) is 4.79 Å². The van der Waals surface area contributed by atoms with Gasteiger partial charge in [0.1, 0.15) is 5.82 Å². The van der Waals surface area contributed by atoms with Crippen molar-refractivity contribution in [1.82, 2.24) is 9.88 Å². The number of aliphatic carboxylic acids is 1. The van der Waals surface area contributed by atoms with Crippen LogP contribution in [0.15, 0.2) is 18.3 Å². The van der Waals surface area contributed by atoms with Crippen LogP contribution in [0.25, 0.3) is 0 Å². The number of aromatic nitrogens is 1. The average Bonchev–Trinajstić information content (AvgIpc) is 2.40. The number of carboxylic acid groups (broad SMARTS) is 1. The molecule has 0 spiro atoms. The molecular formula is C15H21N3O3. The Labute approximate surface area is 124 Å². The fourth-order valence-corrected chi connectivity index (χ4v) is 2.57. The number of hydrogen-bond acceptors (Lipinski definition) is 5. The summed E-state index contributed by atoms with van der Waals surface area (Å²) < 4.78 is 0. The molecule has 1 aromatic heterocycles. The Morgan fingerprint density at radius 3 is 2.62 bits per heavy atom. The van der Waals surface area contributed by atoms with E-state index in [2.05, 4.69) is 10.3 Å². The molecule has 0 amide bonds. The maximum absolute atomic E-state index is 11.2. The Bertz CT molecular complexity index is 509. The summed E-state index contributed by atoms with van der Waals surface area (Å²) in [6.45, 7) is 4.34. The summed E-state index contributed by atoms with van der Waals surface area (Å²) in [4.78, 5) is 28.1. The average molecular weight is 291 g/mol. The molecule has 1 aliphatic rings. The number of pyridine rings is 1. The molecule has 0 bridgehead atoms. The minimum Gasteiger partial charge on any atom is -0.480 e. The third-order valence-corrected chi connectivity index (χ3v) is 3.90. The van der Waals surface area contributed by atoms with Gasteiger partial charge in [-0.15, -0.1) is 0 Å². The highest BCUT2D eigenvalue weighted by atomic mass is 16.4. The Hall–Kier alpha value is -1.95. The lowest BCUT2D eigenvalue weighted by molar-refractivity contribution is -0.139. The summed E-state index contributed by atoms with van der Waals surface area (Å²) in [5.74, 6) is -0.0236. The van der Waals surface area contributed by atoms with E-state index in [-0.39, 0.29) is 12.3 Å². The van der Waals surface area contributed by atoms with Gasteiger partial charge in [0.2, 0.25) is 0 Å². The van der Waals surface area contributed by atoms with E-state index in [1.54, 1.807) is 18.3 Å². The third-order valence-electron chi connectivity index (χ3n) is 3.90. The summed E-state index contributed by atoms with van der Waals surface area (Å²) in [7, 11) is 0. The van der Waals surface area contributed by atoms with E-state index in [1.807, 2.05) is 11.8 Å². The van der Waals surface area contributed by atoms with Crippen molar-refractivity contribution in [2.75, 3.05) is 18.4 Å². The van der Waals surface area contributed by atoms with Gasteiger partial charge < -0.3 is 10.4 Å². The molecule has 6 heteroatoms. The summed E-state index contributed by atoms with van der Waals surface area (Å²) in [5, 5.41) is 12.2. The SMILES string of the molecule is CCN(CC(=O)O)C1CC(Nc2ccc(C(C)=O)cn2)C1.